The minimum Gasteiger partial charge on any atom is -0.392 e. The zero-order valence-corrected chi connectivity index (χ0v) is 12.4. The van der Waals surface area contributed by atoms with Gasteiger partial charge in [-0.3, -0.25) is 9.59 Å². The van der Waals surface area contributed by atoms with E-state index in [1.165, 1.54) is 0 Å². The number of nitrogens with two attached hydrogens (primary N) is 1. The van der Waals surface area contributed by atoms with E-state index in [0.29, 0.717) is 26.1 Å². The van der Waals surface area contributed by atoms with Crippen LogP contribution in [0.1, 0.15) is 34.1 Å². The van der Waals surface area contributed by atoms with Crippen molar-refractivity contribution in [2.45, 2.75) is 34.1 Å². The Kier molecular flexibility index (Phi) is 6.83. The van der Waals surface area contributed by atoms with Crippen molar-refractivity contribution in [3.63, 3.8) is 0 Å². The van der Waals surface area contributed by atoms with Gasteiger partial charge in [-0.15, -0.1) is 0 Å². The minimum absolute atomic E-state index is 0.0356. The van der Waals surface area contributed by atoms with E-state index in [9.17, 15) is 9.59 Å². The standard InChI is InChI=1S/C12H23N3O2S/c1-5-15(6-2)9(16)7-8-14-11(17)12(3,4)10(13)18/h5-8H2,1-4H3,(H2,13,18)(H,14,17). The first-order chi connectivity index (χ1) is 8.27. The molecule has 0 aliphatic heterocycles. The third kappa shape index (κ3) is 4.60. The second kappa shape index (κ2) is 7.31. The maximum absolute atomic E-state index is 11.8. The molecular weight excluding hydrogens is 250 g/mol. The topological polar surface area (TPSA) is 75.4 Å². The molecule has 104 valence electrons. The summed E-state index contributed by atoms with van der Waals surface area (Å²) in [6.07, 6.45) is 0.292. The van der Waals surface area contributed by atoms with Gasteiger partial charge >= 0.3 is 0 Å². The van der Waals surface area contributed by atoms with Gasteiger partial charge in [0, 0.05) is 26.1 Å². The van der Waals surface area contributed by atoms with Crippen LogP contribution in [0.15, 0.2) is 0 Å². The summed E-state index contributed by atoms with van der Waals surface area (Å²) in [7, 11) is 0. The third-order valence-electron chi connectivity index (χ3n) is 2.92. The van der Waals surface area contributed by atoms with Crippen LogP contribution in [0.25, 0.3) is 0 Å². The smallest absolute Gasteiger partial charge is 0.232 e. The van der Waals surface area contributed by atoms with E-state index < -0.39 is 5.41 Å². The summed E-state index contributed by atoms with van der Waals surface area (Å²) in [5, 5.41) is 2.68. The number of rotatable bonds is 7. The molecule has 0 aliphatic carbocycles. The zero-order valence-electron chi connectivity index (χ0n) is 11.6. The Morgan fingerprint density at radius 2 is 1.78 bits per heavy atom. The molecule has 0 atom stereocenters. The number of nitrogens with zero attached hydrogens (tertiary/aromatic N) is 1. The Morgan fingerprint density at radius 3 is 2.17 bits per heavy atom. The molecule has 3 N–H and O–H groups in total. The second-order valence-electron chi connectivity index (χ2n) is 4.56. The molecule has 0 spiro atoms. The van der Waals surface area contributed by atoms with Crippen molar-refractivity contribution in [3.8, 4) is 0 Å². The van der Waals surface area contributed by atoms with Crippen LogP contribution < -0.4 is 11.1 Å². The average molecular weight is 273 g/mol. The molecule has 0 aromatic heterocycles. The zero-order chi connectivity index (χ0) is 14.3. The molecule has 0 aromatic rings. The van der Waals surface area contributed by atoms with Gasteiger partial charge in [0.25, 0.3) is 0 Å². The summed E-state index contributed by atoms with van der Waals surface area (Å²) >= 11 is 4.83. The van der Waals surface area contributed by atoms with Crippen LogP contribution in [-0.4, -0.2) is 41.3 Å². The van der Waals surface area contributed by atoms with Crippen molar-refractivity contribution >= 4 is 29.0 Å². The summed E-state index contributed by atoms with van der Waals surface area (Å²) in [5.41, 5.74) is 4.61. The molecule has 0 bridgehead atoms. The lowest BCUT2D eigenvalue weighted by atomic mass is 9.92. The highest BCUT2D eigenvalue weighted by molar-refractivity contribution is 7.80. The predicted octanol–water partition coefficient (Wildman–Crippen LogP) is 0.673. The van der Waals surface area contributed by atoms with Gasteiger partial charge in [-0.25, -0.2) is 0 Å². The van der Waals surface area contributed by atoms with Crippen LogP contribution in [0, 0.1) is 5.41 Å². The van der Waals surface area contributed by atoms with Gasteiger partial charge < -0.3 is 16.0 Å². The lowest BCUT2D eigenvalue weighted by Gasteiger charge is -2.23. The molecule has 0 saturated heterocycles. The van der Waals surface area contributed by atoms with Gasteiger partial charge in [-0.05, 0) is 27.7 Å². The van der Waals surface area contributed by atoms with Crippen molar-refractivity contribution in [1.29, 1.82) is 0 Å². The van der Waals surface area contributed by atoms with Crippen molar-refractivity contribution in [2.24, 2.45) is 11.1 Å². The van der Waals surface area contributed by atoms with Crippen molar-refractivity contribution < 1.29 is 9.59 Å². The quantitative estimate of drug-likeness (QED) is 0.669. The van der Waals surface area contributed by atoms with E-state index in [1.807, 2.05) is 13.8 Å². The van der Waals surface area contributed by atoms with Gasteiger partial charge in [0.15, 0.2) is 0 Å². The molecule has 0 rings (SSSR count). The molecule has 6 heteroatoms. The van der Waals surface area contributed by atoms with Crippen LogP contribution in [0.2, 0.25) is 0 Å². The number of thiocarbonyl (C=S) groups is 1. The molecule has 18 heavy (non-hydrogen) atoms. The first-order valence-corrected chi connectivity index (χ1v) is 6.54. The van der Waals surface area contributed by atoms with Crippen molar-refractivity contribution in [2.75, 3.05) is 19.6 Å². The fourth-order valence-electron chi connectivity index (χ4n) is 1.35. The van der Waals surface area contributed by atoms with E-state index in [1.54, 1.807) is 18.7 Å². The van der Waals surface area contributed by atoms with Gasteiger partial charge in [0.05, 0.1) is 10.4 Å². The molecule has 0 heterocycles. The van der Waals surface area contributed by atoms with Gasteiger partial charge in [-0.2, -0.15) is 0 Å². The molecule has 0 fully saturated rings. The van der Waals surface area contributed by atoms with E-state index in [2.05, 4.69) is 5.32 Å². The van der Waals surface area contributed by atoms with E-state index in [-0.39, 0.29) is 16.8 Å². The SMILES string of the molecule is CCN(CC)C(=O)CCNC(=O)C(C)(C)C(N)=S. The second-order valence-corrected chi connectivity index (χ2v) is 5.00. The summed E-state index contributed by atoms with van der Waals surface area (Å²) in [4.78, 5) is 25.4. The fraction of sp³-hybridized carbons (Fsp3) is 0.750. The number of carbonyl (C=O) groups excluding carboxylic acids is 2. The Balaban J connectivity index is 4.17. The normalized spacial score (nSPS) is 10.9. The Labute approximate surface area is 114 Å². The Morgan fingerprint density at radius 1 is 1.28 bits per heavy atom. The van der Waals surface area contributed by atoms with Crippen LogP contribution in [-0.2, 0) is 9.59 Å². The van der Waals surface area contributed by atoms with Gasteiger partial charge in [-0.1, -0.05) is 12.2 Å². The monoisotopic (exact) mass is 273 g/mol. The van der Waals surface area contributed by atoms with Crippen molar-refractivity contribution in [3.05, 3.63) is 0 Å². The number of nitrogens with one attached hydrogen (secondary N) is 1. The van der Waals surface area contributed by atoms with Crippen LogP contribution in [0.3, 0.4) is 0 Å². The highest BCUT2D eigenvalue weighted by Gasteiger charge is 2.30. The van der Waals surface area contributed by atoms with Gasteiger partial charge in [0.1, 0.15) is 0 Å². The predicted molar refractivity (Wildman–Crippen MR) is 76.1 cm³/mol. The number of carbonyl (C=O) groups is 2. The molecule has 0 saturated carbocycles. The largest absolute Gasteiger partial charge is 0.392 e. The summed E-state index contributed by atoms with van der Waals surface area (Å²) < 4.78 is 0. The Hall–Kier alpha value is -1.17. The van der Waals surface area contributed by atoms with E-state index in [0.717, 1.165) is 0 Å². The maximum Gasteiger partial charge on any atom is 0.232 e. The first kappa shape index (κ1) is 16.8. The minimum atomic E-state index is -0.881. The molecular formula is C12H23N3O2S. The van der Waals surface area contributed by atoms with Crippen LogP contribution in [0.5, 0.6) is 0 Å². The van der Waals surface area contributed by atoms with Crippen LogP contribution in [0.4, 0.5) is 0 Å². The maximum atomic E-state index is 11.8. The highest BCUT2D eigenvalue weighted by atomic mass is 32.1. The number of hydrogen-bond acceptors (Lipinski definition) is 3. The summed E-state index contributed by atoms with van der Waals surface area (Å²) in [6.45, 7) is 8.85. The molecule has 0 radical (unpaired) electrons. The molecule has 0 unspecified atom stereocenters. The van der Waals surface area contributed by atoms with Gasteiger partial charge in [0.2, 0.25) is 11.8 Å². The Bertz CT molecular complexity index is 325. The number of amides is 2. The first-order valence-electron chi connectivity index (χ1n) is 6.13. The van der Waals surface area contributed by atoms with Crippen LogP contribution >= 0.6 is 12.2 Å². The van der Waals surface area contributed by atoms with E-state index >= 15 is 0 Å². The molecule has 5 nitrogen and oxygen atoms in total. The molecule has 0 aliphatic rings. The third-order valence-corrected chi connectivity index (χ3v) is 3.43. The highest BCUT2D eigenvalue weighted by Crippen LogP contribution is 2.15. The summed E-state index contributed by atoms with van der Waals surface area (Å²) in [5.74, 6) is -0.212. The lowest BCUT2D eigenvalue weighted by Crippen LogP contribution is -2.45. The fourth-order valence-corrected chi connectivity index (χ4v) is 1.44. The lowest BCUT2D eigenvalue weighted by molar-refractivity contribution is -0.131. The molecule has 0 aromatic carbocycles. The van der Waals surface area contributed by atoms with E-state index in [4.69, 9.17) is 18.0 Å². The van der Waals surface area contributed by atoms with Crippen molar-refractivity contribution in [1.82, 2.24) is 10.2 Å². The molecule has 2 amide bonds. The summed E-state index contributed by atoms with van der Waals surface area (Å²) in [6, 6.07) is 0. The number of hydrogen-bond donors (Lipinski definition) is 2. The average Bonchev–Trinajstić information content (AvgIpc) is 2.30.